The Morgan fingerprint density at radius 1 is 1.26 bits per heavy atom. The number of anilines is 1. The van der Waals surface area contributed by atoms with Gasteiger partial charge in [0.25, 0.3) is 11.6 Å². The normalized spacial score (nSPS) is 15.2. The number of nitro benzene ring substituents is 1. The van der Waals surface area contributed by atoms with E-state index in [-0.39, 0.29) is 16.3 Å². The summed E-state index contributed by atoms with van der Waals surface area (Å²) in [6.07, 6.45) is 0. The van der Waals surface area contributed by atoms with Gasteiger partial charge < -0.3 is 10.2 Å². The molecule has 136 valence electrons. The molecular weight excluding hydrogens is 388 g/mol. The fourth-order valence-electron chi connectivity index (χ4n) is 2.87. The van der Waals surface area contributed by atoms with E-state index in [4.69, 9.17) is 11.6 Å². The number of hydrogen-bond acceptors (Lipinski definition) is 6. The van der Waals surface area contributed by atoms with Crippen LogP contribution < -0.4 is 5.32 Å². The third-order valence-electron chi connectivity index (χ3n) is 4.21. The molecule has 0 radical (unpaired) electrons. The van der Waals surface area contributed by atoms with Crippen LogP contribution in [0, 0.1) is 10.1 Å². The van der Waals surface area contributed by atoms with Gasteiger partial charge in [0, 0.05) is 29.3 Å². The lowest BCUT2D eigenvalue weighted by atomic mass is 10.1. The highest BCUT2D eigenvalue weighted by molar-refractivity contribution is 8.16. The van der Waals surface area contributed by atoms with Crippen LogP contribution >= 0.6 is 23.4 Å². The Kier molecular flexibility index (Phi) is 4.59. The second-order valence-electron chi connectivity index (χ2n) is 5.89. The molecule has 0 aliphatic carbocycles. The first-order valence-electron chi connectivity index (χ1n) is 8.07. The van der Waals surface area contributed by atoms with Crippen molar-refractivity contribution >= 4 is 51.5 Å². The number of benzene rings is 2. The van der Waals surface area contributed by atoms with Crippen LogP contribution in [0.25, 0.3) is 5.70 Å². The Morgan fingerprint density at radius 2 is 2.04 bits per heavy atom. The van der Waals surface area contributed by atoms with E-state index in [0.29, 0.717) is 5.69 Å². The van der Waals surface area contributed by atoms with Crippen LogP contribution in [0.5, 0.6) is 0 Å². The Labute approximate surface area is 163 Å². The number of nitro groups is 1. The second kappa shape index (κ2) is 7.05. The van der Waals surface area contributed by atoms with Crippen molar-refractivity contribution in [1.29, 1.82) is 0 Å². The van der Waals surface area contributed by atoms with Crippen molar-refractivity contribution in [2.24, 2.45) is 4.99 Å². The summed E-state index contributed by atoms with van der Waals surface area (Å²) in [4.78, 5) is 29.3. The highest BCUT2D eigenvalue weighted by Gasteiger charge is 2.27. The van der Waals surface area contributed by atoms with Crippen LogP contribution in [0.3, 0.4) is 0 Å². The minimum absolute atomic E-state index is 0.00608. The minimum atomic E-state index is -0.614. The first-order valence-corrected chi connectivity index (χ1v) is 9.33. The molecule has 0 aromatic heterocycles. The summed E-state index contributed by atoms with van der Waals surface area (Å²) in [5.41, 5.74) is 2.61. The second-order valence-corrected chi connectivity index (χ2v) is 7.14. The van der Waals surface area contributed by atoms with Gasteiger partial charge in [-0.3, -0.25) is 19.9 Å². The van der Waals surface area contributed by atoms with E-state index < -0.39 is 10.8 Å². The molecule has 0 bridgehead atoms. The summed E-state index contributed by atoms with van der Waals surface area (Å²) >= 11 is 7.39. The fraction of sp³-hybridized carbons (Fsp3) is 0.111. The molecule has 0 atom stereocenters. The van der Waals surface area contributed by atoms with Crippen LogP contribution in [0.1, 0.15) is 15.9 Å². The molecular formula is C18H13ClN4O3S. The molecule has 2 heterocycles. The van der Waals surface area contributed by atoms with Crippen molar-refractivity contribution in [3.8, 4) is 0 Å². The van der Waals surface area contributed by atoms with E-state index >= 15 is 0 Å². The first-order chi connectivity index (χ1) is 13.0. The van der Waals surface area contributed by atoms with Gasteiger partial charge in [-0.15, -0.1) is 0 Å². The van der Waals surface area contributed by atoms with Crippen molar-refractivity contribution in [2.75, 3.05) is 18.4 Å². The molecule has 0 unspecified atom stereocenters. The summed E-state index contributed by atoms with van der Waals surface area (Å²) in [5.74, 6) is -0.438. The van der Waals surface area contributed by atoms with Gasteiger partial charge in [0.15, 0.2) is 5.17 Å². The number of carbonyl (C=O) groups excluding carboxylic acids is 1. The lowest BCUT2D eigenvalue weighted by molar-refractivity contribution is -0.384. The van der Waals surface area contributed by atoms with E-state index in [2.05, 4.69) is 20.6 Å². The molecule has 1 amide bonds. The molecule has 4 rings (SSSR count). The zero-order valence-electron chi connectivity index (χ0n) is 13.9. The number of hydrogen-bond donors (Lipinski definition) is 1. The number of aliphatic imine (C=N–C) groups is 1. The summed E-state index contributed by atoms with van der Waals surface area (Å²) in [6.45, 7) is 1.68. The molecule has 1 N–H and O–H groups in total. The van der Waals surface area contributed by atoms with Crippen molar-refractivity contribution in [3.05, 3.63) is 74.1 Å². The Balaban J connectivity index is 1.49. The Bertz CT molecular complexity index is 1000. The van der Waals surface area contributed by atoms with Gasteiger partial charge in [0.1, 0.15) is 5.02 Å². The molecule has 2 aliphatic rings. The van der Waals surface area contributed by atoms with Gasteiger partial charge in [-0.05, 0) is 29.8 Å². The molecule has 2 aromatic carbocycles. The zero-order valence-corrected chi connectivity index (χ0v) is 15.5. The van der Waals surface area contributed by atoms with Crippen LogP contribution in [0.15, 0.2) is 52.9 Å². The van der Waals surface area contributed by atoms with E-state index in [1.54, 1.807) is 23.9 Å². The number of halogens is 1. The number of thioether (sulfide) groups is 1. The predicted octanol–water partition coefficient (Wildman–Crippen LogP) is 4.22. The van der Waals surface area contributed by atoms with Crippen LogP contribution in [0.4, 0.5) is 11.4 Å². The average Bonchev–Trinajstić information content (AvgIpc) is 3.26. The van der Waals surface area contributed by atoms with Gasteiger partial charge in [-0.2, -0.15) is 0 Å². The third kappa shape index (κ3) is 3.41. The molecule has 7 nitrogen and oxygen atoms in total. The number of amidine groups is 1. The highest BCUT2D eigenvalue weighted by atomic mass is 35.5. The van der Waals surface area contributed by atoms with Gasteiger partial charge in [-0.25, -0.2) is 0 Å². The molecule has 2 aromatic rings. The molecule has 0 fully saturated rings. The maximum absolute atomic E-state index is 12.4. The highest BCUT2D eigenvalue weighted by Crippen LogP contribution is 2.35. The largest absolute Gasteiger partial charge is 0.322 e. The number of amides is 1. The monoisotopic (exact) mass is 400 g/mol. The summed E-state index contributed by atoms with van der Waals surface area (Å²) in [6, 6.07) is 11.4. The third-order valence-corrected chi connectivity index (χ3v) is 5.43. The number of nitrogens with one attached hydrogen (secondary N) is 1. The minimum Gasteiger partial charge on any atom is -0.322 e. The lowest BCUT2D eigenvalue weighted by Crippen LogP contribution is -2.19. The number of rotatable bonds is 4. The van der Waals surface area contributed by atoms with Gasteiger partial charge in [0.05, 0.1) is 17.2 Å². The maximum atomic E-state index is 12.4. The average molecular weight is 401 g/mol. The lowest BCUT2D eigenvalue weighted by Gasteiger charge is -2.16. The van der Waals surface area contributed by atoms with Gasteiger partial charge >= 0.3 is 0 Å². The van der Waals surface area contributed by atoms with Crippen LogP contribution in [0.2, 0.25) is 5.02 Å². The number of fused-ring (bicyclic) bond motifs is 1. The van der Waals surface area contributed by atoms with Crippen LogP contribution in [-0.4, -0.2) is 34.0 Å². The number of nitrogens with zero attached hydrogens (tertiary/aromatic N) is 3. The summed E-state index contributed by atoms with van der Waals surface area (Å²) in [7, 11) is 0. The van der Waals surface area contributed by atoms with Crippen LogP contribution in [-0.2, 0) is 0 Å². The van der Waals surface area contributed by atoms with Crippen molar-refractivity contribution in [2.45, 2.75) is 0 Å². The fourth-order valence-corrected chi connectivity index (χ4v) is 4.02. The predicted molar refractivity (Wildman–Crippen MR) is 107 cm³/mol. The smallest absolute Gasteiger partial charge is 0.288 e. The van der Waals surface area contributed by atoms with E-state index in [9.17, 15) is 14.9 Å². The molecule has 0 saturated carbocycles. The maximum Gasteiger partial charge on any atom is 0.288 e. The molecule has 0 spiro atoms. The van der Waals surface area contributed by atoms with E-state index in [0.717, 1.165) is 29.5 Å². The van der Waals surface area contributed by atoms with Gasteiger partial charge in [-0.1, -0.05) is 35.5 Å². The molecule has 9 heteroatoms. The summed E-state index contributed by atoms with van der Waals surface area (Å²) < 4.78 is 0. The standard InChI is InChI=1S/C18H13ClN4O3S/c19-14-6-3-12(9-15(14)23(25)26)17(24)21-13-4-1-11(2-5-13)16-10-27-18-20-7-8-22(16)18/h1-6,9-10H,7-8H2,(H,21,24). The molecule has 0 saturated heterocycles. The molecule has 2 aliphatic heterocycles. The van der Waals surface area contributed by atoms with E-state index in [1.807, 2.05) is 12.1 Å². The molecule has 27 heavy (non-hydrogen) atoms. The Morgan fingerprint density at radius 3 is 2.78 bits per heavy atom. The Hall–Kier alpha value is -2.84. The van der Waals surface area contributed by atoms with E-state index in [1.165, 1.54) is 18.2 Å². The van der Waals surface area contributed by atoms with Crippen molar-refractivity contribution in [1.82, 2.24) is 4.90 Å². The van der Waals surface area contributed by atoms with Crippen molar-refractivity contribution in [3.63, 3.8) is 0 Å². The summed E-state index contributed by atoms with van der Waals surface area (Å²) in [5, 5.41) is 16.8. The van der Waals surface area contributed by atoms with Gasteiger partial charge in [0.2, 0.25) is 0 Å². The zero-order chi connectivity index (χ0) is 19.0. The SMILES string of the molecule is O=C(Nc1ccc(C2=CSC3=NCCN23)cc1)c1ccc(Cl)c([N+](=O)[O-])c1. The van der Waals surface area contributed by atoms with Crippen molar-refractivity contribution < 1.29 is 9.72 Å². The quantitative estimate of drug-likeness (QED) is 0.613. The first kappa shape index (κ1) is 17.6. The topological polar surface area (TPSA) is 87.8 Å². The number of carbonyl (C=O) groups is 1.